The predicted octanol–water partition coefficient (Wildman–Crippen LogP) is 0.185. The van der Waals surface area contributed by atoms with Gasteiger partial charge in [0.05, 0.1) is 6.42 Å². The van der Waals surface area contributed by atoms with Crippen LogP contribution >= 0.6 is 0 Å². The molecule has 6 heteroatoms. The van der Waals surface area contributed by atoms with E-state index in [9.17, 15) is 24.3 Å². The Labute approximate surface area is 116 Å². The van der Waals surface area contributed by atoms with E-state index in [-0.39, 0.29) is 33.6 Å². The van der Waals surface area contributed by atoms with E-state index in [1.54, 1.807) is 0 Å². The molecule has 0 amide bonds. The van der Waals surface area contributed by atoms with E-state index in [0.29, 0.717) is 0 Å². The second-order valence-corrected chi connectivity index (χ2v) is 4.74. The lowest BCUT2D eigenvalue weighted by Crippen LogP contribution is -2.22. The molecule has 6 nitrogen and oxygen atoms in total. The fourth-order valence-corrected chi connectivity index (χ4v) is 2.53. The third-order valence-electron chi connectivity index (χ3n) is 3.42. The van der Waals surface area contributed by atoms with Gasteiger partial charge in [-0.25, -0.2) is 0 Å². The van der Waals surface area contributed by atoms with E-state index < -0.39 is 28.7 Å². The highest BCUT2D eigenvalue weighted by molar-refractivity contribution is 5.93. The summed E-state index contributed by atoms with van der Waals surface area (Å²) in [4.78, 5) is 47.0. The Morgan fingerprint density at radius 3 is 2.33 bits per heavy atom. The number of hydrogen-bond donors (Lipinski definition) is 2. The summed E-state index contributed by atoms with van der Waals surface area (Å²) in [6, 6.07) is 4.55. The Kier molecular flexibility index (Phi) is 2.62. The van der Waals surface area contributed by atoms with Gasteiger partial charge in [0.15, 0.2) is 16.3 Å². The number of fused-ring (bicyclic) bond motifs is 3. The van der Waals surface area contributed by atoms with Crippen LogP contribution in [0.2, 0.25) is 0 Å². The van der Waals surface area contributed by atoms with Crippen LogP contribution in [0.3, 0.4) is 0 Å². The zero-order valence-electron chi connectivity index (χ0n) is 10.5. The van der Waals surface area contributed by atoms with E-state index >= 15 is 0 Å². The average molecular weight is 284 g/mol. The topological polar surface area (TPSA) is 109 Å². The van der Waals surface area contributed by atoms with Gasteiger partial charge in [-0.2, -0.15) is 0 Å². The van der Waals surface area contributed by atoms with Gasteiger partial charge in [0.2, 0.25) is 0 Å². The highest BCUT2D eigenvalue weighted by Crippen LogP contribution is 2.38. The second kappa shape index (κ2) is 4.24. The number of benzene rings is 2. The summed E-state index contributed by atoms with van der Waals surface area (Å²) >= 11 is 0. The fraction of sp³-hybridized carbons (Fsp3) is 0.0667. The van der Waals surface area contributed by atoms with E-state index in [0.717, 1.165) is 12.1 Å². The molecule has 0 unspecified atom stereocenters. The van der Waals surface area contributed by atoms with Gasteiger partial charge in [-0.05, 0) is 24.3 Å². The van der Waals surface area contributed by atoms with Crippen molar-refractivity contribution in [1.82, 2.24) is 0 Å². The van der Waals surface area contributed by atoms with E-state index in [2.05, 4.69) is 0 Å². The number of carboxylic acids is 1. The van der Waals surface area contributed by atoms with Crippen molar-refractivity contribution in [3.63, 3.8) is 0 Å². The lowest BCUT2D eigenvalue weighted by molar-refractivity contribution is -0.136. The molecule has 3 aliphatic carbocycles. The number of hydrogen-bond acceptors (Lipinski definition) is 5. The van der Waals surface area contributed by atoms with Crippen LogP contribution in [-0.2, 0) is 11.2 Å². The largest absolute Gasteiger partial charge is 0.507 e. The molecule has 0 aromatic carbocycles. The molecule has 0 saturated heterocycles. The van der Waals surface area contributed by atoms with Crippen molar-refractivity contribution >= 4 is 5.97 Å². The SMILES string of the molecule is O=C(O)Cc1cc(=O)c2cc3c(O)ccc(=O)c-3c-2c1=O. The second-order valence-electron chi connectivity index (χ2n) is 4.74. The average Bonchev–Trinajstić information content (AvgIpc) is 2.82. The van der Waals surface area contributed by atoms with Crippen LogP contribution in [0.5, 0.6) is 5.75 Å². The number of phenols is 1. The molecule has 0 fully saturated rings. The van der Waals surface area contributed by atoms with Gasteiger partial charge in [-0.3, -0.25) is 19.2 Å². The molecule has 0 heterocycles. The number of aliphatic carboxylic acids is 1. The zero-order chi connectivity index (χ0) is 15.3. The summed E-state index contributed by atoms with van der Waals surface area (Å²) in [6.07, 6.45) is -0.594. The molecule has 3 rings (SSSR count). The first-order valence-corrected chi connectivity index (χ1v) is 6.04. The van der Waals surface area contributed by atoms with Gasteiger partial charge in [-0.1, -0.05) is 0 Å². The molecule has 0 radical (unpaired) electrons. The maximum absolute atomic E-state index is 12.3. The monoisotopic (exact) mass is 284 g/mol. The Balaban J connectivity index is 2.51. The lowest BCUT2D eigenvalue weighted by Gasteiger charge is -2.03. The molecule has 0 atom stereocenters. The van der Waals surface area contributed by atoms with Crippen molar-refractivity contribution in [3.8, 4) is 28.0 Å². The number of rotatable bonds is 2. The van der Waals surface area contributed by atoms with Crippen LogP contribution in [0.25, 0.3) is 22.3 Å². The van der Waals surface area contributed by atoms with Crippen molar-refractivity contribution in [2.24, 2.45) is 0 Å². The first-order valence-electron chi connectivity index (χ1n) is 6.04. The van der Waals surface area contributed by atoms with E-state index in [4.69, 9.17) is 5.11 Å². The molecular formula is C15H8O6. The third kappa shape index (κ3) is 1.80. The van der Waals surface area contributed by atoms with Crippen LogP contribution in [0.15, 0.2) is 38.6 Å². The summed E-state index contributed by atoms with van der Waals surface area (Å²) in [5.74, 6) is -1.45. The molecule has 0 aliphatic heterocycles. The molecule has 0 bridgehead atoms. The van der Waals surface area contributed by atoms with Crippen LogP contribution in [0.4, 0.5) is 0 Å². The molecule has 0 spiro atoms. The molecule has 21 heavy (non-hydrogen) atoms. The van der Waals surface area contributed by atoms with Gasteiger partial charge in [0, 0.05) is 27.8 Å². The fourth-order valence-electron chi connectivity index (χ4n) is 2.53. The Morgan fingerprint density at radius 2 is 1.67 bits per heavy atom. The molecular weight excluding hydrogens is 276 g/mol. The maximum atomic E-state index is 12.3. The molecule has 0 saturated carbocycles. The summed E-state index contributed by atoms with van der Waals surface area (Å²) in [7, 11) is 0. The highest BCUT2D eigenvalue weighted by atomic mass is 16.4. The van der Waals surface area contributed by atoms with Crippen LogP contribution in [0.1, 0.15) is 5.56 Å². The first kappa shape index (κ1) is 13.0. The minimum absolute atomic E-state index is 0.0164. The molecule has 3 aliphatic rings. The van der Waals surface area contributed by atoms with Crippen molar-refractivity contribution in [1.29, 1.82) is 0 Å². The first-order chi connectivity index (χ1) is 9.90. The van der Waals surface area contributed by atoms with Crippen LogP contribution in [0, 0.1) is 0 Å². The standard InChI is InChI=1S/C15H8O6/c16-9-1-2-10(17)13-7(9)5-8-11(18)3-6(4-12(19)20)15(21)14(8)13/h1-3,5,16H,4H2,(H,19,20). The lowest BCUT2D eigenvalue weighted by atomic mass is 9.98. The van der Waals surface area contributed by atoms with E-state index in [1.165, 1.54) is 12.1 Å². The maximum Gasteiger partial charge on any atom is 0.307 e. The number of carbonyl (C=O) groups is 1. The highest BCUT2D eigenvalue weighted by Gasteiger charge is 2.27. The zero-order valence-corrected chi connectivity index (χ0v) is 10.5. The van der Waals surface area contributed by atoms with Crippen molar-refractivity contribution < 1.29 is 15.0 Å². The Bertz CT molecular complexity index is 961. The normalized spacial score (nSPS) is 11.2. The smallest absolute Gasteiger partial charge is 0.307 e. The third-order valence-corrected chi connectivity index (χ3v) is 3.42. The van der Waals surface area contributed by atoms with Gasteiger partial charge in [0.25, 0.3) is 0 Å². The molecule has 2 N–H and O–H groups in total. The van der Waals surface area contributed by atoms with Gasteiger partial charge in [-0.15, -0.1) is 0 Å². The van der Waals surface area contributed by atoms with E-state index in [1.807, 2.05) is 0 Å². The van der Waals surface area contributed by atoms with Crippen LogP contribution < -0.4 is 16.3 Å². The quantitative estimate of drug-likeness (QED) is 0.695. The minimum atomic E-state index is -1.24. The van der Waals surface area contributed by atoms with Crippen molar-refractivity contribution in [3.05, 3.63) is 60.5 Å². The summed E-state index contributed by atoms with van der Waals surface area (Å²) < 4.78 is 0. The summed E-state index contributed by atoms with van der Waals surface area (Å²) in [5.41, 5.74) is -1.89. The minimum Gasteiger partial charge on any atom is -0.507 e. The van der Waals surface area contributed by atoms with Crippen molar-refractivity contribution in [2.45, 2.75) is 6.42 Å². The van der Waals surface area contributed by atoms with Gasteiger partial charge < -0.3 is 10.2 Å². The number of aromatic hydroxyl groups is 1. The number of carboxylic acid groups (broad SMARTS) is 1. The summed E-state index contributed by atoms with van der Waals surface area (Å²) in [6.45, 7) is 0. The van der Waals surface area contributed by atoms with Gasteiger partial charge in [0.1, 0.15) is 5.75 Å². The van der Waals surface area contributed by atoms with Crippen molar-refractivity contribution in [2.75, 3.05) is 0 Å². The number of phenolic OH excluding ortho intramolecular Hbond substituents is 1. The Hall–Kier alpha value is -3.02. The predicted molar refractivity (Wildman–Crippen MR) is 73.9 cm³/mol. The summed E-state index contributed by atoms with van der Waals surface area (Å²) in [5, 5.41) is 18.5. The molecule has 0 aromatic rings. The molecule has 0 aromatic heterocycles. The Morgan fingerprint density at radius 1 is 0.952 bits per heavy atom. The van der Waals surface area contributed by atoms with Gasteiger partial charge >= 0.3 is 5.97 Å². The molecule has 104 valence electrons. The van der Waals surface area contributed by atoms with Crippen LogP contribution in [-0.4, -0.2) is 16.2 Å².